The molecule has 1 saturated heterocycles. The van der Waals surface area contributed by atoms with E-state index in [4.69, 9.17) is 4.74 Å². The molecule has 154 valence electrons. The molecule has 1 aromatic carbocycles. The lowest BCUT2D eigenvalue weighted by atomic mass is 9.94. The van der Waals surface area contributed by atoms with E-state index in [1.54, 1.807) is 0 Å². The van der Waals surface area contributed by atoms with Crippen LogP contribution in [0.4, 0.5) is 0 Å². The van der Waals surface area contributed by atoms with E-state index in [2.05, 4.69) is 86.7 Å². The molecule has 0 amide bonds. The molecule has 4 nitrogen and oxygen atoms in total. The van der Waals surface area contributed by atoms with Gasteiger partial charge in [-0.05, 0) is 69.0 Å². The summed E-state index contributed by atoms with van der Waals surface area (Å²) in [5.41, 5.74) is 8.39. The van der Waals surface area contributed by atoms with Gasteiger partial charge in [-0.3, -0.25) is 9.88 Å². The molecule has 4 rings (SSSR count). The molecule has 4 heteroatoms. The van der Waals surface area contributed by atoms with Crippen LogP contribution in [-0.4, -0.2) is 40.6 Å². The summed E-state index contributed by atoms with van der Waals surface area (Å²) in [6, 6.07) is 11.7. The zero-order valence-electron chi connectivity index (χ0n) is 18.5. The van der Waals surface area contributed by atoms with Crippen molar-refractivity contribution in [1.29, 1.82) is 0 Å². The molecule has 1 N–H and O–H groups in total. The molecule has 0 saturated carbocycles. The van der Waals surface area contributed by atoms with Gasteiger partial charge in [0.15, 0.2) is 0 Å². The minimum atomic E-state index is 0.138. The molecule has 3 aromatic rings. The van der Waals surface area contributed by atoms with Crippen LogP contribution in [0.5, 0.6) is 0 Å². The Morgan fingerprint density at radius 2 is 1.79 bits per heavy atom. The third kappa shape index (κ3) is 3.96. The summed E-state index contributed by atoms with van der Waals surface area (Å²) in [7, 11) is 0. The molecule has 2 aromatic heterocycles. The number of benzene rings is 1. The standard InChI is InChI=1S/C25H33N3O/c1-15(2)24-21-13-19(23-14-28(16(3)4)9-10-29-23)7-8-22(21)27-25(24)20-11-17(5)26-18(6)12-20/h7-8,11-13,15-16,23,27H,9-10,14H2,1-6H3. The smallest absolute Gasteiger partial charge is 0.0952 e. The van der Waals surface area contributed by atoms with Gasteiger partial charge in [-0.2, -0.15) is 0 Å². The minimum absolute atomic E-state index is 0.138. The molecular weight excluding hydrogens is 358 g/mol. The summed E-state index contributed by atoms with van der Waals surface area (Å²) < 4.78 is 6.16. The average Bonchev–Trinajstić information content (AvgIpc) is 3.06. The third-order valence-electron chi connectivity index (χ3n) is 6.01. The normalized spacial score (nSPS) is 18.3. The first-order valence-corrected chi connectivity index (χ1v) is 10.8. The summed E-state index contributed by atoms with van der Waals surface area (Å²) in [6.07, 6.45) is 0.138. The van der Waals surface area contributed by atoms with Crippen molar-refractivity contribution in [2.45, 2.75) is 59.6 Å². The van der Waals surface area contributed by atoms with Crippen molar-refractivity contribution in [3.05, 3.63) is 52.8 Å². The highest BCUT2D eigenvalue weighted by Crippen LogP contribution is 2.37. The number of nitrogens with zero attached hydrogens (tertiary/aromatic N) is 2. The third-order valence-corrected chi connectivity index (χ3v) is 6.01. The number of pyridine rings is 1. The highest BCUT2D eigenvalue weighted by atomic mass is 16.5. The Bertz CT molecular complexity index is 998. The first-order chi connectivity index (χ1) is 13.8. The monoisotopic (exact) mass is 391 g/mol. The Kier molecular flexibility index (Phi) is 5.50. The fraction of sp³-hybridized carbons (Fsp3) is 0.480. The summed E-state index contributed by atoms with van der Waals surface area (Å²) in [4.78, 5) is 10.8. The Balaban J connectivity index is 1.79. The molecule has 3 heterocycles. The van der Waals surface area contributed by atoms with Crippen LogP contribution in [0.1, 0.15) is 62.2 Å². The Labute approximate surface area is 174 Å². The number of hydrogen-bond donors (Lipinski definition) is 1. The van der Waals surface area contributed by atoms with Crippen LogP contribution in [-0.2, 0) is 4.74 Å². The van der Waals surface area contributed by atoms with Crippen LogP contribution in [0.15, 0.2) is 30.3 Å². The van der Waals surface area contributed by atoms with E-state index in [-0.39, 0.29) is 6.10 Å². The lowest BCUT2D eigenvalue weighted by Crippen LogP contribution is -2.42. The highest BCUT2D eigenvalue weighted by Gasteiger charge is 2.25. The maximum absolute atomic E-state index is 6.16. The number of hydrogen-bond acceptors (Lipinski definition) is 3. The van der Waals surface area contributed by atoms with Crippen molar-refractivity contribution in [3.63, 3.8) is 0 Å². The second-order valence-corrected chi connectivity index (χ2v) is 8.96. The molecule has 1 aliphatic heterocycles. The summed E-state index contributed by atoms with van der Waals surface area (Å²) in [5.74, 6) is 0.419. The fourth-order valence-electron chi connectivity index (χ4n) is 4.58. The van der Waals surface area contributed by atoms with Crippen LogP contribution in [0.25, 0.3) is 22.2 Å². The topological polar surface area (TPSA) is 41.2 Å². The minimum Gasteiger partial charge on any atom is -0.371 e. The summed E-state index contributed by atoms with van der Waals surface area (Å²) in [6.45, 7) is 16.0. The molecule has 0 bridgehead atoms. The second kappa shape index (κ2) is 7.92. The number of rotatable bonds is 4. The van der Waals surface area contributed by atoms with E-state index in [0.717, 1.165) is 31.1 Å². The van der Waals surface area contributed by atoms with Gasteiger partial charge in [0.05, 0.1) is 18.4 Å². The van der Waals surface area contributed by atoms with Gasteiger partial charge in [0.2, 0.25) is 0 Å². The molecule has 0 spiro atoms. The van der Waals surface area contributed by atoms with Crippen molar-refractivity contribution in [2.75, 3.05) is 19.7 Å². The van der Waals surface area contributed by atoms with Gasteiger partial charge in [0.25, 0.3) is 0 Å². The number of nitrogens with one attached hydrogen (secondary N) is 1. The molecule has 1 fully saturated rings. The van der Waals surface area contributed by atoms with Crippen LogP contribution in [0.3, 0.4) is 0 Å². The molecule has 29 heavy (non-hydrogen) atoms. The van der Waals surface area contributed by atoms with Crippen LogP contribution in [0.2, 0.25) is 0 Å². The zero-order chi connectivity index (χ0) is 20.7. The van der Waals surface area contributed by atoms with Gasteiger partial charge < -0.3 is 9.72 Å². The van der Waals surface area contributed by atoms with Crippen molar-refractivity contribution in [2.24, 2.45) is 0 Å². The van der Waals surface area contributed by atoms with Crippen molar-refractivity contribution >= 4 is 10.9 Å². The fourth-order valence-corrected chi connectivity index (χ4v) is 4.58. The number of ether oxygens (including phenoxy) is 1. The largest absolute Gasteiger partial charge is 0.371 e. The number of H-pyrrole nitrogens is 1. The SMILES string of the molecule is Cc1cc(-c2[nH]c3ccc(C4CN(C(C)C)CCO4)cc3c2C(C)C)cc(C)n1. The van der Waals surface area contributed by atoms with Gasteiger partial charge in [0, 0.05) is 47.0 Å². The molecular formula is C25H33N3O. The quantitative estimate of drug-likeness (QED) is 0.615. The first-order valence-electron chi connectivity index (χ1n) is 10.8. The van der Waals surface area contributed by atoms with Crippen LogP contribution < -0.4 is 0 Å². The van der Waals surface area contributed by atoms with E-state index in [1.807, 2.05) is 0 Å². The molecule has 1 aliphatic rings. The van der Waals surface area contributed by atoms with Crippen molar-refractivity contribution in [1.82, 2.24) is 14.9 Å². The maximum atomic E-state index is 6.16. The van der Waals surface area contributed by atoms with Crippen LogP contribution in [0, 0.1) is 13.8 Å². The molecule has 0 radical (unpaired) electrons. The van der Waals surface area contributed by atoms with Gasteiger partial charge >= 0.3 is 0 Å². The number of morpholine rings is 1. The lowest BCUT2D eigenvalue weighted by molar-refractivity contribution is -0.0401. The van der Waals surface area contributed by atoms with Gasteiger partial charge in [-0.15, -0.1) is 0 Å². The number of aromatic amines is 1. The predicted molar refractivity (Wildman–Crippen MR) is 120 cm³/mol. The lowest BCUT2D eigenvalue weighted by Gasteiger charge is -2.35. The number of aromatic nitrogens is 2. The summed E-state index contributed by atoms with van der Waals surface area (Å²) >= 11 is 0. The molecule has 1 atom stereocenters. The van der Waals surface area contributed by atoms with Gasteiger partial charge in [-0.1, -0.05) is 19.9 Å². The van der Waals surface area contributed by atoms with E-state index in [1.165, 1.54) is 33.3 Å². The van der Waals surface area contributed by atoms with Crippen molar-refractivity contribution in [3.8, 4) is 11.3 Å². The van der Waals surface area contributed by atoms with Crippen LogP contribution >= 0.6 is 0 Å². The van der Waals surface area contributed by atoms with E-state index < -0.39 is 0 Å². The summed E-state index contributed by atoms with van der Waals surface area (Å²) in [5, 5.41) is 1.31. The maximum Gasteiger partial charge on any atom is 0.0952 e. The van der Waals surface area contributed by atoms with E-state index in [0.29, 0.717) is 12.0 Å². The first kappa shape index (κ1) is 20.1. The zero-order valence-corrected chi connectivity index (χ0v) is 18.5. The predicted octanol–water partition coefficient (Wildman–Crippen LogP) is 5.75. The Morgan fingerprint density at radius 1 is 1.07 bits per heavy atom. The van der Waals surface area contributed by atoms with Gasteiger partial charge in [-0.25, -0.2) is 0 Å². The Hall–Kier alpha value is -2.17. The van der Waals surface area contributed by atoms with Crippen molar-refractivity contribution < 1.29 is 4.74 Å². The number of fused-ring (bicyclic) bond motifs is 1. The highest BCUT2D eigenvalue weighted by molar-refractivity contribution is 5.92. The van der Waals surface area contributed by atoms with Gasteiger partial charge in [0.1, 0.15) is 0 Å². The van der Waals surface area contributed by atoms with E-state index in [9.17, 15) is 0 Å². The second-order valence-electron chi connectivity index (χ2n) is 8.96. The molecule has 1 unspecified atom stereocenters. The van der Waals surface area contributed by atoms with E-state index >= 15 is 0 Å². The Morgan fingerprint density at radius 3 is 2.45 bits per heavy atom. The number of aryl methyl sites for hydroxylation is 2. The molecule has 0 aliphatic carbocycles. The average molecular weight is 392 g/mol.